The third kappa shape index (κ3) is 1.57. The first kappa shape index (κ1) is 12.9. The summed E-state index contributed by atoms with van der Waals surface area (Å²) in [5, 5.41) is 3.15. The number of hydrogen-bond donors (Lipinski definition) is 1. The number of anilines is 1. The summed E-state index contributed by atoms with van der Waals surface area (Å²) in [4.78, 5) is 18.8. The monoisotopic (exact) mass is 330 g/mol. The minimum Gasteiger partial charge on any atom is -0.493 e. The number of nitrogens with one attached hydrogen (secondary N) is 1. The number of aromatic nitrogens is 1. The number of hydrogen-bond acceptors (Lipinski definition) is 5. The molecule has 2 atom stereocenters. The van der Waals surface area contributed by atoms with Gasteiger partial charge in [-0.1, -0.05) is 11.3 Å². The zero-order valence-corrected chi connectivity index (χ0v) is 13.4. The lowest BCUT2D eigenvalue weighted by Crippen LogP contribution is -2.49. The fourth-order valence-corrected chi connectivity index (χ4v) is 4.82. The molecule has 1 aromatic heterocycles. The molecule has 1 aromatic carbocycles. The molecule has 4 heterocycles. The molecule has 22 heavy (non-hydrogen) atoms. The van der Waals surface area contributed by atoms with Crippen LogP contribution in [-0.2, 0) is 11.2 Å². The van der Waals surface area contributed by atoms with Gasteiger partial charge in [-0.2, -0.15) is 0 Å². The molecule has 0 saturated carbocycles. The molecular formula is C14H12N3O3SSi. The highest BCUT2D eigenvalue weighted by atomic mass is 32.1. The van der Waals surface area contributed by atoms with Crippen LogP contribution >= 0.6 is 11.3 Å². The second-order valence-corrected chi connectivity index (χ2v) is 7.69. The molecule has 1 N–H and O–H groups in total. The van der Waals surface area contributed by atoms with Gasteiger partial charge >= 0.3 is 6.03 Å². The van der Waals surface area contributed by atoms with Gasteiger partial charge in [0, 0.05) is 12.0 Å². The Morgan fingerprint density at radius 3 is 3.32 bits per heavy atom. The number of fused-ring (bicyclic) bond motifs is 4. The molecule has 3 aliphatic rings. The fraction of sp³-hybridized carbons (Fsp3) is 0.429. The highest BCUT2D eigenvalue weighted by molar-refractivity contribution is 7.22. The molecule has 2 fully saturated rings. The van der Waals surface area contributed by atoms with E-state index in [9.17, 15) is 4.79 Å². The van der Waals surface area contributed by atoms with Crippen LogP contribution in [0.1, 0.15) is 5.56 Å². The van der Waals surface area contributed by atoms with E-state index in [1.807, 2.05) is 12.1 Å². The van der Waals surface area contributed by atoms with Gasteiger partial charge in [-0.25, -0.2) is 9.78 Å². The molecule has 2 saturated heterocycles. The van der Waals surface area contributed by atoms with E-state index >= 15 is 0 Å². The van der Waals surface area contributed by atoms with Crippen molar-refractivity contribution in [3.8, 4) is 5.75 Å². The van der Waals surface area contributed by atoms with Crippen LogP contribution in [0.4, 0.5) is 9.93 Å². The first-order valence-electron chi connectivity index (χ1n) is 7.15. The zero-order chi connectivity index (χ0) is 14.9. The van der Waals surface area contributed by atoms with E-state index < -0.39 is 5.16 Å². The quantitative estimate of drug-likeness (QED) is 0.793. The van der Waals surface area contributed by atoms with Gasteiger partial charge in [-0.05, 0) is 12.1 Å². The van der Waals surface area contributed by atoms with Crippen molar-refractivity contribution < 1.29 is 14.3 Å². The Morgan fingerprint density at radius 1 is 1.50 bits per heavy atom. The SMILES string of the molecule is O=C1N[C@]2([Si])COC[C@@H]2N1c1nc2c3c(ccc2s1)OCC3. The van der Waals surface area contributed by atoms with Gasteiger partial charge in [0.25, 0.3) is 0 Å². The van der Waals surface area contributed by atoms with Gasteiger partial charge in [0.05, 0.1) is 51.5 Å². The molecule has 6 nitrogen and oxygen atoms in total. The zero-order valence-electron chi connectivity index (χ0n) is 11.6. The Hall–Kier alpha value is -1.64. The van der Waals surface area contributed by atoms with Crippen molar-refractivity contribution in [3.05, 3.63) is 17.7 Å². The number of carbonyl (C=O) groups is 1. The molecule has 0 aliphatic carbocycles. The Labute approximate surface area is 133 Å². The van der Waals surface area contributed by atoms with Crippen LogP contribution in [0, 0.1) is 0 Å². The summed E-state index contributed by atoms with van der Waals surface area (Å²) in [6, 6.07) is 3.79. The number of nitrogens with zero attached hydrogens (tertiary/aromatic N) is 2. The maximum atomic E-state index is 12.4. The maximum absolute atomic E-state index is 12.4. The number of thiazole rings is 1. The Kier molecular flexibility index (Phi) is 2.46. The number of amides is 2. The normalized spacial score (nSPS) is 29.6. The lowest BCUT2D eigenvalue weighted by molar-refractivity contribution is 0.178. The summed E-state index contributed by atoms with van der Waals surface area (Å²) in [6.45, 7) is 1.66. The van der Waals surface area contributed by atoms with Crippen molar-refractivity contribution in [2.75, 3.05) is 24.7 Å². The van der Waals surface area contributed by atoms with Crippen molar-refractivity contribution >= 4 is 43.0 Å². The summed E-state index contributed by atoms with van der Waals surface area (Å²) >= 11 is 1.53. The van der Waals surface area contributed by atoms with E-state index in [0.717, 1.165) is 28.0 Å². The molecular weight excluding hydrogens is 318 g/mol. The Balaban J connectivity index is 1.64. The van der Waals surface area contributed by atoms with E-state index in [4.69, 9.17) is 14.5 Å². The van der Waals surface area contributed by atoms with Crippen LogP contribution in [0.2, 0.25) is 0 Å². The van der Waals surface area contributed by atoms with Crippen molar-refractivity contribution in [1.82, 2.24) is 10.3 Å². The number of benzene rings is 1. The van der Waals surface area contributed by atoms with Gasteiger partial charge in [0.15, 0.2) is 5.13 Å². The summed E-state index contributed by atoms with van der Waals surface area (Å²) in [5.74, 6) is 0.911. The molecule has 0 bridgehead atoms. The lowest BCUT2D eigenvalue weighted by atomic mass is 10.1. The first-order valence-corrected chi connectivity index (χ1v) is 8.47. The van der Waals surface area contributed by atoms with E-state index in [1.165, 1.54) is 11.3 Å². The standard InChI is InChI=1S/C14H12N3O3SSi/c18-12-16-14(22)6-19-5-10(14)17(12)13-15-11-7-3-4-20-8(7)1-2-9(11)21-13/h1-2,10H,3-6H2,(H,16,18)/t10-,14-/m0/s1. The molecule has 3 radical (unpaired) electrons. The van der Waals surface area contributed by atoms with E-state index in [2.05, 4.69) is 15.6 Å². The second kappa shape index (κ2) is 4.21. The lowest BCUT2D eigenvalue weighted by Gasteiger charge is -2.22. The molecule has 111 valence electrons. The third-order valence-electron chi connectivity index (χ3n) is 4.46. The third-order valence-corrected chi connectivity index (χ3v) is 6.08. The van der Waals surface area contributed by atoms with Crippen LogP contribution < -0.4 is 15.0 Å². The summed E-state index contributed by atoms with van der Waals surface area (Å²) < 4.78 is 12.2. The topological polar surface area (TPSA) is 63.7 Å². The number of carbonyl (C=O) groups excluding carboxylic acids is 1. The van der Waals surface area contributed by atoms with Crippen molar-refractivity contribution in [3.63, 3.8) is 0 Å². The summed E-state index contributed by atoms with van der Waals surface area (Å²) in [7, 11) is 3.66. The Morgan fingerprint density at radius 2 is 2.41 bits per heavy atom. The second-order valence-electron chi connectivity index (χ2n) is 5.79. The molecule has 3 aliphatic heterocycles. The van der Waals surface area contributed by atoms with Crippen LogP contribution in [0.15, 0.2) is 12.1 Å². The predicted molar refractivity (Wildman–Crippen MR) is 82.9 cm³/mol. The molecule has 2 aromatic rings. The van der Waals surface area contributed by atoms with Gasteiger partial charge in [0.1, 0.15) is 5.75 Å². The minimum atomic E-state index is -0.514. The van der Waals surface area contributed by atoms with Crippen LogP contribution in [0.25, 0.3) is 10.2 Å². The number of ether oxygens (including phenoxy) is 2. The molecule has 0 spiro atoms. The first-order chi connectivity index (χ1) is 10.7. The summed E-state index contributed by atoms with van der Waals surface area (Å²) in [6.07, 6.45) is 0.872. The Bertz CT molecular complexity index is 810. The highest BCUT2D eigenvalue weighted by Gasteiger charge is 2.53. The van der Waals surface area contributed by atoms with E-state index in [-0.39, 0.29) is 12.1 Å². The van der Waals surface area contributed by atoms with Crippen LogP contribution in [0.3, 0.4) is 0 Å². The number of urea groups is 1. The van der Waals surface area contributed by atoms with Crippen molar-refractivity contribution in [1.29, 1.82) is 0 Å². The van der Waals surface area contributed by atoms with Crippen LogP contribution in [-0.4, -0.2) is 52.3 Å². The van der Waals surface area contributed by atoms with Gasteiger partial charge in [-0.15, -0.1) is 0 Å². The largest absolute Gasteiger partial charge is 0.493 e. The molecule has 8 heteroatoms. The maximum Gasteiger partial charge on any atom is 0.324 e. The highest BCUT2D eigenvalue weighted by Crippen LogP contribution is 2.40. The van der Waals surface area contributed by atoms with E-state index in [1.54, 1.807) is 4.90 Å². The van der Waals surface area contributed by atoms with E-state index in [0.29, 0.717) is 25.0 Å². The smallest absolute Gasteiger partial charge is 0.324 e. The van der Waals surface area contributed by atoms with Gasteiger partial charge in [-0.3, -0.25) is 4.90 Å². The molecule has 2 amide bonds. The molecule has 5 rings (SSSR count). The van der Waals surface area contributed by atoms with Crippen molar-refractivity contribution in [2.24, 2.45) is 0 Å². The van der Waals surface area contributed by atoms with Crippen molar-refractivity contribution in [2.45, 2.75) is 17.6 Å². The minimum absolute atomic E-state index is 0.0819. The number of rotatable bonds is 1. The molecule has 0 unspecified atom stereocenters. The predicted octanol–water partition coefficient (Wildman–Crippen LogP) is 1.02. The van der Waals surface area contributed by atoms with Gasteiger partial charge < -0.3 is 14.8 Å². The summed E-state index contributed by atoms with van der Waals surface area (Å²) in [5.41, 5.74) is 2.10. The van der Waals surface area contributed by atoms with Crippen LogP contribution in [0.5, 0.6) is 5.75 Å². The average molecular weight is 330 g/mol. The fourth-order valence-electron chi connectivity index (χ4n) is 3.36. The van der Waals surface area contributed by atoms with Gasteiger partial charge in [0.2, 0.25) is 0 Å². The average Bonchev–Trinajstić information content (AvgIpc) is 3.18.